The molecule has 1 heterocycles. The molecule has 8 nitrogen and oxygen atoms in total. The van der Waals surface area contributed by atoms with Crippen LogP contribution in [-0.4, -0.2) is 22.1 Å². The largest absolute Gasteiger partial charge is 0.478 e. The van der Waals surface area contributed by atoms with Crippen molar-refractivity contribution in [3.63, 3.8) is 0 Å². The second kappa shape index (κ2) is 8.62. The number of carboxylic acid groups (broad SMARTS) is 1. The standard InChI is InChI=1S/C20H16N4O4/c21-10-14-6-7-17(16(8-14)20(26)27)23-19(25)18-9-15(28-24-18)12-22-11-13-4-2-1-3-5-13/h1-9,22H,11-12H2,(H,23,25)(H,26,27). The van der Waals surface area contributed by atoms with E-state index in [4.69, 9.17) is 9.78 Å². The molecule has 0 aliphatic heterocycles. The molecule has 3 N–H and O–H groups in total. The SMILES string of the molecule is N#Cc1ccc(NC(=O)c2cc(CNCc3ccccc3)on2)c(C(=O)O)c1. The number of amides is 1. The highest BCUT2D eigenvalue weighted by molar-refractivity contribution is 6.06. The van der Waals surface area contributed by atoms with Gasteiger partial charge in [-0.05, 0) is 23.8 Å². The third-order valence-corrected chi connectivity index (χ3v) is 3.89. The summed E-state index contributed by atoms with van der Waals surface area (Å²) in [6.45, 7) is 1.02. The van der Waals surface area contributed by atoms with E-state index in [0.29, 0.717) is 18.8 Å². The molecule has 0 saturated carbocycles. The molecule has 8 heteroatoms. The molecule has 1 amide bonds. The normalized spacial score (nSPS) is 10.2. The molecular weight excluding hydrogens is 360 g/mol. The summed E-state index contributed by atoms with van der Waals surface area (Å²) in [6.07, 6.45) is 0. The van der Waals surface area contributed by atoms with E-state index in [0.717, 1.165) is 5.56 Å². The van der Waals surface area contributed by atoms with Crippen LogP contribution in [0.5, 0.6) is 0 Å². The number of hydrogen-bond donors (Lipinski definition) is 3. The zero-order valence-corrected chi connectivity index (χ0v) is 14.7. The molecule has 0 bridgehead atoms. The van der Waals surface area contributed by atoms with Gasteiger partial charge >= 0.3 is 5.97 Å². The molecule has 0 radical (unpaired) electrons. The van der Waals surface area contributed by atoms with E-state index in [1.807, 2.05) is 36.4 Å². The van der Waals surface area contributed by atoms with E-state index in [1.165, 1.54) is 24.3 Å². The fourth-order valence-electron chi connectivity index (χ4n) is 2.52. The lowest BCUT2D eigenvalue weighted by molar-refractivity contribution is 0.0698. The molecule has 0 aliphatic rings. The van der Waals surface area contributed by atoms with Gasteiger partial charge in [0.15, 0.2) is 11.5 Å². The summed E-state index contributed by atoms with van der Waals surface area (Å²) in [5.41, 5.74) is 1.21. The summed E-state index contributed by atoms with van der Waals surface area (Å²) in [5, 5.41) is 27.5. The van der Waals surface area contributed by atoms with Gasteiger partial charge in [0, 0.05) is 12.6 Å². The Kier molecular flexibility index (Phi) is 5.79. The summed E-state index contributed by atoms with van der Waals surface area (Å²) in [7, 11) is 0. The van der Waals surface area contributed by atoms with Gasteiger partial charge < -0.3 is 20.3 Å². The molecule has 0 aliphatic carbocycles. The molecule has 0 spiro atoms. The Morgan fingerprint density at radius 1 is 1.11 bits per heavy atom. The lowest BCUT2D eigenvalue weighted by atomic mass is 10.1. The van der Waals surface area contributed by atoms with Crippen molar-refractivity contribution in [2.45, 2.75) is 13.1 Å². The summed E-state index contributed by atoms with van der Waals surface area (Å²) in [6, 6.07) is 17.1. The first-order valence-corrected chi connectivity index (χ1v) is 8.36. The first-order valence-electron chi connectivity index (χ1n) is 8.36. The number of nitrogens with one attached hydrogen (secondary N) is 2. The quantitative estimate of drug-likeness (QED) is 0.578. The van der Waals surface area contributed by atoms with Crippen LogP contribution in [0.2, 0.25) is 0 Å². The molecule has 3 rings (SSSR count). The van der Waals surface area contributed by atoms with Gasteiger partial charge in [0.25, 0.3) is 5.91 Å². The van der Waals surface area contributed by atoms with Crippen molar-refractivity contribution in [2.24, 2.45) is 0 Å². The summed E-state index contributed by atoms with van der Waals surface area (Å²) >= 11 is 0. The number of aromatic nitrogens is 1. The number of carbonyl (C=O) groups is 2. The van der Waals surface area contributed by atoms with Crippen LogP contribution >= 0.6 is 0 Å². The van der Waals surface area contributed by atoms with Crippen LogP contribution < -0.4 is 10.6 Å². The number of rotatable bonds is 7. The molecular formula is C20H16N4O4. The van der Waals surface area contributed by atoms with Gasteiger partial charge in [-0.25, -0.2) is 4.79 Å². The first kappa shape index (κ1) is 18.8. The summed E-state index contributed by atoms with van der Waals surface area (Å²) in [5.74, 6) is -1.39. The number of anilines is 1. The maximum absolute atomic E-state index is 12.3. The first-order chi connectivity index (χ1) is 13.6. The van der Waals surface area contributed by atoms with E-state index >= 15 is 0 Å². The van der Waals surface area contributed by atoms with E-state index in [2.05, 4.69) is 15.8 Å². The maximum Gasteiger partial charge on any atom is 0.337 e. The van der Waals surface area contributed by atoms with Gasteiger partial charge in [0.05, 0.1) is 29.4 Å². The number of aromatic carboxylic acids is 1. The number of hydrogen-bond acceptors (Lipinski definition) is 6. The molecule has 0 fully saturated rings. The Hall–Kier alpha value is -3.96. The predicted molar refractivity (Wildman–Crippen MR) is 99.6 cm³/mol. The minimum Gasteiger partial charge on any atom is -0.478 e. The van der Waals surface area contributed by atoms with Gasteiger partial charge in [-0.1, -0.05) is 35.5 Å². The highest BCUT2D eigenvalue weighted by Crippen LogP contribution is 2.18. The van der Waals surface area contributed by atoms with Gasteiger partial charge in [0.1, 0.15) is 0 Å². The number of nitriles is 1. The average Bonchev–Trinajstić information content (AvgIpc) is 3.18. The van der Waals surface area contributed by atoms with Crippen LogP contribution in [0.4, 0.5) is 5.69 Å². The lowest BCUT2D eigenvalue weighted by Gasteiger charge is -2.07. The Balaban J connectivity index is 1.63. The Morgan fingerprint density at radius 2 is 1.89 bits per heavy atom. The molecule has 0 saturated heterocycles. The van der Waals surface area contributed by atoms with Crippen molar-refractivity contribution in [2.75, 3.05) is 5.32 Å². The van der Waals surface area contributed by atoms with Crippen molar-refractivity contribution in [3.05, 3.63) is 82.7 Å². The van der Waals surface area contributed by atoms with Crippen molar-refractivity contribution in [1.29, 1.82) is 5.26 Å². The average molecular weight is 376 g/mol. The minimum atomic E-state index is -1.25. The second-order valence-electron chi connectivity index (χ2n) is 5.90. The van der Waals surface area contributed by atoms with Crippen molar-refractivity contribution < 1.29 is 19.2 Å². The Labute approximate surface area is 160 Å². The van der Waals surface area contributed by atoms with Crippen molar-refractivity contribution in [3.8, 4) is 6.07 Å². The Bertz CT molecular complexity index is 1040. The molecule has 140 valence electrons. The topological polar surface area (TPSA) is 128 Å². The van der Waals surface area contributed by atoms with Crippen LogP contribution in [-0.2, 0) is 13.1 Å². The third kappa shape index (κ3) is 4.60. The number of benzene rings is 2. The fraction of sp³-hybridized carbons (Fsp3) is 0.100. The molecule has 1 aromatic heterocycles. The van der Waals surface area contributed by atoms with Crippen molar-refractivity contribution in [1.82, 2.24) is 10.5 Å². The zero-order valence-electron chi connectivity index (χ0n) is 14.7. The molecule has 3 aromatic rings. The van der Waals surface area contributed by atoms with Crippen LogP contribution in [0.15, 0.2) is 59.1 Å². The number of carbonyl (C=O) groups excluding carboxylic acids is 1. The van der Waals surface area contributed by atoms with E-state index < -0.39 is 11.9 Å². The van der Waals surface area contributed by atoms with Gasteiger partial charge in [0.2, 0.25) is 0 Å². The van der Waals surface area contributed by atoms with Crippen LogP contribution in [0.1, 0.15) is 37.7 Å². The lowest BCUT2D eigenvalue weighted by Crippen LogP contribution is -2.15. The smallest absolute Gasteiger partial charge is 0.337 e. The van der Waals surface area contributed by atoms with Gasteiger partial charge in [-0.3, -0.25) is 4.79 Å². The highest BCUT2D eigenvalue weighted by Gasteiger charge is 2.17. The van der Waals surface area contributed by atoms with Gasteiger partial charge in [-0.15, -0.1) is 0 Å². The summed E-state index contributed by atoms with van der Waals surface area (Å²) in [4.78, 5) is 23.7. The van der Waals surface area contributed by atoms with E-state index in [9.17, 15) is 14.7 Å². The molecule has 0 unspecified atom stereocenters. The Morgan fingerprint density at radius 3 is 2.61 bits per heavy atom. The highest BCUT2D eigenvalue weighted by atomic mass is 16.5. The minimum absolute atomic E-state index is 0.0252. The van der Waals surface area contributed by atoms with Crippen LogP contribution in [0.25, 0.3) is 0 Å². The third-order valence-electron chi connectivity index (χ3n) is 3.89. The molecule has 2 aromatic carbocycles. The summed E-state index contributed by atoms with van der Waals surface area (Å²) < 4.78 is 5.14. The maximum atomic E-state index is 12.3. The number of nitrogens with zero attached hydrogens (tertiary/aromatic N) is 2. The van der Waals surface area contributed by atoms with E-state index in [-0.39, 0.29) is 22.5 Å². The molecule has 28 heavy (non-hydrogen) atoms. The van der Waals surface area contributed by atoms with Crippen LogP contribution in [0.3, 0.4) is 0 Å². The fourth-order valence-corrected chi connectivity index (χ4v) is 2.52. The second-order valence-corrected chi connectivity index (χ2v) is 5.90. The van der Waals surface area contributed by atoms with Gasteiger partial charge in [-0.2, -0.15) is 5.26 Å². The molecule has 0 atom stereocenters. The van der Waals surface area contributed by atoms with Crippen molar-refractivity contribution >= 4 is 17.6 Å². The zero-order chi connectivity index (χ0) is 19.9. The monoisotopic (exact) mass is 376 g/mol. The predicted octanol–water partition coefficient (Wildman–Crippen LogP) is 2.79. The number of carboxylic acids is 1. The van der Waals surface area contributed by atoms with Crippen LogP contribution in [0, 0.1) is 11.3 Å². The van der Waals surface area contributed by atoms with E-state index in [1.54, 1.807) is 0 Å².